The summed E-state index contributed by atoms with van der Waals surface area (Å²) in [4.78, 5) is 45.4. The lowest BCUT2D eigenvalue weighted by molar-refractivity contribution is -0.138. The van der Waals surface area contributed by atoms with Crippen LogP contribution in [0.3, 0.4) is 0 Å². The second kappa shape index (κ2) is 15.9. The maximum absolute atomic E-state index is 14.3. The van der Waals surface area contributed by atoms with Gasteiger partial charge in [-0.2, -0.15) is 0 Å². The number of aromatic nitrogens is 1. The number of fused-ring (bicyclic) bond motifs is 1. The number of esters is 2. The first-order valence-electron chi connectivity index (χ1n) is 16.7. The third-order valence-corrected chi connectivity index (χ3v) is 10.0. The smallest absolute Gasteiger partial charge is 0.338 e. The van der Waals surface area contributed by atoms with Gasteiger partial charge in [0.05, 0.1) is 45.1 Å². The van der Waals surface area contributed by atoms with Gasteiger partial charge in [0.15, 0.2) is 4.80 Å². The normalized spacial score (nSPS) is 14.2. The van der Waals surface area contributed by atoms with E-state index in [0.29, 0.717) is 55.5 Å². The van der Waals surface area contributed by atoms with Crippen LogP contribution in [0, 0.1) is 0 Å². The van der Waals surface area contributed by atoms with Crippen LogP contribution in [0.15, 0.2) is 117 Å². The average molecular weight is 766 g/mol. The molecule has 4 aromatic carbocycles. The van der Waals surface area contributed by atoms with Gasteiger partial charge >= 0.3 is 11.9 Å². The average Bonchev–Trinajstić information content (AvgIpc) is 3.45. The van der Waals surface area contributed by atoms with Crippen LogP contribution >= 0.6 is 27.3 Å². The Labute approximate surface area is 308 Å². The van der Waals surface area contributed by atoms with Crippen LogP contribution in [0.5, 0.6) is 5.75 Å². The maximum Gasteiger partial charge on any atom is 0.338 e. The fourth-order valence-corrected chi connectivity index (χ4v) is 7.32. The second-order valence-electron chi connectivity index (χ2n) is 12.1. The number of carbonyl (C=O) groups is 2. The monoisotopic (exact) mass is 764 g/mol. The zero-order valence-corrected chi connectivity index (χ0v) is 31.1. The largest absolute Gasteiger partial charge is 0.488 e. The van der Waals surface area contributed by atoms with Crippen LogP contribution in [0.2, 0.25) is 0 Å². The van der Waals surface area contributed by atoms with Gasteiger partial charge in [-0.25, -0.2) is 14.6 Å². The maximum atomic E-state index is 14.3. The summed E-state index contributed by atoms with van der Waals surface area (Å²) in [6, 6.07) is 29.5. The molecule has 0 amide bonds. The van der Waals surface area contributed by atoms with Gasteiger partial charge in [-0.1, -0.05) is 98.0 Å². The number of ether oxygens (including phenoxy) is 3. The molecule has 1 aliphatic rings. The Morgan fingerprint density at radius 1 is 0.902 bits per heavy atom. The molecule has 0 saturated heterocycles. The molecule has 0 aliphatic carbocycles. The first kappa shape index (κ1) is 35.8. The molecule has 1 aliphatic heterocycles. The van der Waals surface area contributed by atoms with Crippen LogP contribution in [-0.4, -0.2) is 29.7 Å². The van der Waals surface area contributed by atoms with E-state index in [1.54, 1.807) is 30.5 Å². The summed E-state index contributed by atoms with van der Waals surface area (Å²) >= 11 is 4.90. The van der Waals surface area contributed by atoms with Crippen LogP contribution in [0.1, 0.15) is 77.8 Å². The molecule has 0 N–H and O–H groups in total. The van der Waals surface area contributed by atoms with Gasteiger partial charge in [0.1, 0.15) is 12.4 Å². The van der Waals surface area contributed by atoms with Crippen molar-refractivity contribution in [1.29, 1.82) is 0 Å². The van der Waals surface area contributed by atoms with Gasteiger partial charge < -0.3 is 14.2 Å². The number of rotatable bonds is 11. The Morgan fingerprint density at radius 2 is 1.59 bits per heavy atom. The summed E-state index contributed by atoms with van der Waals surface area (Å²) in [5.41, 5.74) is 5.41. The molecule has 0 unspecified atom stereocenters. The Morgan fingerprint density at radius 3 is 2.24 bits per heavy atom. The van der Waals surface area contributed by atoms with Crippen molar-refractivity contribution in [2.45, 2.75) is 46.3 Å². The number of halogens is 1. The van der Waals surface area contributed by atoms with E-state index in [-0.39, 0.29) is 18.1 Å². The van der Waals surface area contributed by atoms with E-state index < -0.39 is 12.0 Å². The molecule has 0 spiro atoms. The quantitative estimate of drug-likeness (QED) is 0.129. The Kier molecular flexibility index (Phi) is 11.1. The Balaban J connectivity index is 1.38. The first-order chi connectivity index (χ1) is 24.7. The van der Waals surface area contributed by atoms with E-state index >= 15 is 0 Å². The molecule has 0 saturated carbocycles. The lowest BCUT2D eigenvalue weighted by atomic mass is 9.91. The number of thiazole rings is 1. The van der Waals surface area contributed by atoms with E-state index in [2.05, 4.69) is 29.8 Å². The summed E-state index contributed by atoms with van der Waals surface area (Å²) < 4.78 is 19.5. The lowest BCUT2D eigenvalue weighted by Gasteiger charge is -2.26. The van der Waals surface area contributed by atoms with Crippen molar-refractivity contribution in [2.75, 3.05) is 13.2 Å². The van der Waals surface area contributed by atoms with E-state index in [1.807, 2.05) is 91.0 Å². The summed E-state index contributed by atoms with van der Waals surface area (Å²) in [5.74, 6) is 0.0744. The number of nitrogens with zero attached hydrogens (tertiary/aromatic N) is 2. The zero-order valence-electron chi connectivity index (χ0n) is 28.7. The molecule has 51 heavy (non-hydrogen) atoms. The van der Waals surface area contributed by atoms with Gasteiger partial charge in [0.25, 0.3) is 5.56 Å². The van der Waals surface area contributed by atoms with Gasteiger partial charge in [-0.3, -0.25) is 9.36 Å². The summed E-state index contributed by atoms with van der Waals surface area (Å²) in [6.45, 7) is 8.59. The SMILES string of the molecule is CCOC(=O)C1=C(c2ccccc2)N=c2s/c(=C\c3ccc(OCc4ccc(C(=O)OCC)cc4)c(Br)c3)c(=O)n2[C@H]1c1ccc(C(C)C)cc1. The van der Waals surface area contributed by atoms with Crippen molar-refractivity contribution >= 4 is 51.0 Å². The molecule has 5 aromatic rings. The number of benzene rings is 4. The topological polar surface area (TPSA) is 96.2 Å². The van der Waals surface area contributed by atoms with Gasteiger partial charge in [0, 0.05) is 5.56 Å². The highest BCUT2D eigenvalue weighted by atomic mass is 79.9. The van der Waals surface area contributed by atoms with Crippen LogP contribution in [0.25, 0.3) is 11.8 Å². The molecule has 6 rings (SSSR count). The van der Waals surface area contributed by atoms with Crippen molar-refractivity contribution in [3.8, 4) is 5.75 Å². The van der Waals surface area contributed by atoms with Crippen molar-refractivity contribution in [1.82, 2.24) is 4.57 Å². The van der Waals surface area contributed by atoms with Crippen molar-refractivity contribution in [2.24, 2.45) is 4.99 Å². The Hall–Kier alpha value is -5.06. The van der Waals surface area contributed by atoms with Crippen molar-refractivity contribution in [3.05, 3.63) is 160 Å². The molecular weight excluding hydrogens is 728 g/mol. The van der Waals surface area contributed by atoms with E-state index in [9.17, 15) is 14.4 Å². The molecule has 10 heteroatoms. The molecular formula is C41H37BrN2O6S. The molecule has 0 bridgehead atoms. The van der Waals surface area contributed by atoms with Gasteiger partial charge in [0.2, 0.25) is 0 Å². The number of hydrogen-bond donors (Lipinski definition) is 0. The minimum absolute atomic E-state index is 0.185. The standard InChI is InChI=1S/C41H37BrN2O6S/c1-5-48-39(46)31-15-12-26(13-16-31)24-50-33-21-14-27(22-32(33)42)23-34-38(45)44-37(30-19-17-28(18-20-30)25(3)4)35(40(47)49-6-2)36(43-41(44)51-34)29-10-8-7-9-11-29/h7-23,25,37H,5-6,24H2,1-4H3/b34-23-/t37-/m0/s1. The summed E-state index contributed by atoms with van der Waals surface area (Å²) in [5, 5.41) is 0. The fourth-order valence-electron chi connectivity index (χ4n) is 5.81. The summed E-state index contributed by atoms with van der Waals surface area (Å²) in [6.07, 6.45) is 1.82. The third-order valence-electron chi connectivity index (χ3n) is 8.41. The van der Waals surface area contributed by atoms with Crippen molar-refractivity contribution in [3.63, 3.8) is 0 Å². The number of hydrogen-bond acceptors (Lipinski definition) is 8. The molecule has 2 heterocycles. The van der Waals surface area contributed by atoms with Crippen LogP contribution in [-0.2, 0) is 20.9 Å². The van der Waals surface area contributed by atoms with Gasteiger partial charge in [-0.15, -0.1) is 0 Å². The fraction of sp³-hybridized carbons (Fsp3) is 0.220. The highest BCUT2D eigenvalue weighted by Crippen LogP contribution is 2.36. The zero-order chi connectivity index (χ0) is 36.1. The third kappa shape index (κ3) is 7.82. The Bertz CT molecular complexity index is 2270. The molecule has 1 atom stereocenters. The minimum atomic E-state index is -0.743. The van der Waals surface area contributed by atoms with E-state index in [4.69, 9.17) is 19.2 Å². The van der Waals surface area contributed by atoms with E-state index in [1.165, 1.54) is 11.3 Å². The minimum Gasteiger partial charge on any atom is -0.488 e. The molecule has 260 valence electrons. The second-order valence-corrected chi connectivity index (χ2v) is 14.0. The van der Waals surface area contributed by atoms with Crippen LogP contribution in [0.4, 0.5) is 0 Å². The number of carbonyl (C=O) groups excluding carboxylic acids is 2. The molecule has 8 nitrogen and oxygen atoms in total. The van der Waals surface area contributed by atoms with Crippen molar-refractivity contribution < 1.29 is 23.8 Å². The predicted molar refractivity (Wildman–Crippen MR) is 202 cm³/mol. The van der Waals surface area contributed by atoms with Gasteiger partial charge in [-0.05, 0) is 88.3 Å². The lowest BCUT2D eigenvalue weighted by Crippen LogP contribution is -2.40. The van der Waals surface area contributed by atoms with Crippen LogP contribution < -0.4 is 19.6 Å². The first-order valence-corrected chi connectivity index (χ1v) is 18.4. The van der Waals surface area contributed by atoms with E-state index in [0.717, 1.165) is 27.8 Å². The summed E-state index contributed by atoms with van der Waals surface area (Å²) in [7, 11) is 0. The highest BCUT2D eigenvalue weighted by Gasteiger charge is 2.35. The molecule has 0 radical (unpaired) electrons. The molecule has 1 aromatic heterocycles. The highest BCUT2D eigenvalue weighted by molar-refractivity contribution is 9.10. The predicted octanol–water partition coefficient (Wildman–Crippen LogP) is 7.58. The molecule has 0 fully saturated rings.